The lowest BCUT2D eigenvalue weighted by Gasteiger charge is -2.07. The summed E-state index contributed by atoms with van der Waals surface area (Å²) in [6.45, 7) is 0. The van der Waals surface area contributed by atoms with Crippen LogP contribution in [0.3, 0.4) is 0 Å². The van der Waals surface area contributed by atoms with E-state index in [0.717, 1.165) is 0 Å². The second-order valence-corrected chi connectivity index (χ2v) is 3.20. The maximum absolute atomic E-state index is 12.9. The first-order chi connectivity index (χ1) is 7.16. The number of carboxylic acids is 1. The Hall–Kier alpha value is -1.91. The number of carbonyl (C=O) groups is 1. The summed E-state index contributed by atoms with van der Waals surface area (Å²) in [6, 6.07) is 5.85. The van der Waals surface area contributed by atoms with E-state index >= 15 is 0 Å². The fourth-order valence-corrected chi connectivity index (χ4v) is 1.39. The van der Waals surface area contributed by atoms with Crippen LogP contribution in [0.2, 0.25) is 0 Å². The first kappa shape index (κ1) is 9.64. The molecule has 0 spiro atoms. The van der Waals surface area contributed by atoms with Crippen LogP contribution in [-0.2, 0) is 9.63 Å². The molecule has 1 unspecified atom stereocenters. The summed E-state index contributed by atoms with van der Waals surface area (Å²) in [5.41, 5.74) is 0.555. The lowest BCUT2D eigenvalue weighted by molar-refractivity contribution is -0.129. The molecular formula is C10H8FNO3. The van der Waals surface area contributed by atoms with Gasteiger partial charge in [-0.05, 0) is 17.7 Å². The smallest absolute Gasteiger partial charge is 0.353 e. The molecule has 1 heterocycles. The van der Waals surface area contributed by atoms with Crippen LogP contribution in [0.15, 0.2) is 29.4 Å². The number of halogens is 1. The Morgan fingerprint density at radius 3 is 3.00 bits per heavy atom. The first-order valence-electron chi connectivity index (χ1n) is 4.38. The van der Waals surface area contributed by atoms with E-state index in [0.29, 0.717) is 5.56 Å². The number of rotatable bonds is 2. The lowest BCUT2D eigenvalue weighted by atomic mass is 10.0. The van der Waals surface area contributed by atoms with Gasteiger partial charge in [0.15, 0.2) is 11.8 Å². The summed E-state index contributed by atoms with van der Waals surface area (Å²) in [5.74, 6) is -1.48. The third-order valence-corrected chi connectivity index (χ3v) is 2.14. The summed E-state index contributed by atoms with van der Waals surface area (Å²) in [4.78, 5) is 15.5. The van der Waals surface area contributed by atoms with E-state index in [-0.39, 0.29) is 17.9 Å². The molecule has 0 aliphatic carbocycles. The van der Waals surface area contributed by atoms with Gasteiger partial charge in [-0.1, -0.05) is 17.3 Å². The number of nitrogens with zero attached hydrogens (tertiary/aromatic N) is 1. The molecule has 78 valence electrons. The number of aliphatic carboxylic acids is 1. The third-order valence-electron chi connectivity index (χ3n) is 2.14. The minimum absolute atomic E-state index is 0.0377. The monoisotopic (exact) mass is 209 g/mol. The van der Waals surface area contributed by atoms with Gasteiger partial charge in [0, 0.05) is 6.42 Å². The van der Waals surface area contributed by atoms with Gasteiger partial charge in [0.1, 0.15) is 5.82 Å². The predicted octanol–water partition coefficient (Wildman–Crippen LogP) is 1.73. The second-order valence-electron chi connectivity index (χ2n) is 3.20. The van der Waals surface area contributed by atoms with Crippen LogP contribution in [0.25, 0.3) is 0 Å². The van der Waals surface area contributed by atoms with Gasteiger partial charge in [-0.3, -0.25) is 0 Å². The van der Waals surface area contributed by atoms with Crippen molar-refractivity contribution in [1.82, 2.24) is 0 Å². The van der Waals surface area contributed by atoms with Crippen molar-refractivity contribution in [3.63, 3.8) is 0 Å². The van der Waals surface area contributed by atoms with E-state index < -0.39 is 12.1 Å². The summed E-state index contributed by atoms with van der Waals surface area (Å²) < 4.78 is 12.9. The van der Waals surface area contributed by atoms with Crippen LogP contribution >= 0.6 is 0 Å². The molecule has 1 atom stereocenters. The highest BCUT2D eigenvalue weighted by Gasteiger charge is 2.27. The van der Waals surface area contributed by atoms with Gasteiger partial charge in [-0.15, -0.1) is 0 Å². The minimum atomic E-state index is -1.10. The molecule has 0 saturated heterocycles. The van der Waals surface area contributed by atoms with Crippen molar-refractivity contribution in [2.45, 2.75) is 12.5 Å². The Kier molecular flexibility index (Phi) is 2.37. The highest BCUT2D eigenvalue weighted by Crippen LogP contribution is 2.27. The van der Waals surface area contributed by atoms with Crippen LogP contribution < -0.4 is 0 Å². The fraction of sp³-hybridized carbons (Fsp3) is 0.200. The van der Waals surface area contributed by atoms with Crippen LogP contribution in [-0.4, -0.2) is 16.8 Å². The SMILES string of the molecule is O=C(O)C1=NOC(c2cccc(F)c2)C1. The van der Waals surface area contributed by atoms with Crippen molar-refractivity contribution in [1.29, 1.82) is 0 Å². The van der Waals surface area contributed by atoms with Crippen molar-refractivity contribution in [3.05, 3.63) is 35.6 Å². The van der Waals surface area contributed by atoms with Crippen LogP contribution in [0.4, 0.5) is 4.39 Å². The molecule has 1 aromatic rings. The largest absolute Gasteiger partial charge is 0.477 e. The topological polar surface area (TPSA) is 58.9 Å². The van der Waals surface area contributed by atoms with E-state index in [1.807, 2.05) is 0 Å². The van der Waals surface area contributed by atoms with Crippen molar-refractivity contribution in [2.75, 3.05) is 0 Å². The molecule has 0 radical (unpaired) electrons. The molecule has 0 bridgehead atoms. The lowest BCUT2D eigenvalue weighted by Crippen LogP contribution is -2.11. The molecule has 1 aliphatic heterocycles. The number of carboxylic acid groups (broad SMARTS) is 1. The Morgan fingerprint density at radius 1 is 1.60 bits per heavy atom. The van der Waals surface area contributed by atoms with Crippen LogP contribution in [0.1, 0.15) is 18.1 Å². The highest BCUT2D eigenvalue weighted by molar-refractivity contribution is 6.35. The maximum atomic E-state index is 12.9. The van der Waals surface area contributed by atoms with Gasteiger partial charge in [-0.25, -0.2) is 9.18 Å². The molecule has 1 aromatic carbocycles. The molecule has 5 heteroatoms. The molecule has 15 heavy (non-hydrogen) atoms. The molecule has 4 nitrogen and oxygen atoms in total. The highest BCUT2D eigenvalue weighted by atomic mass is 19.1. The Bertz CT molecular complexity index is 430. The van der Waals surface area contributed by atoms with Gasteiger partial charge in [-0.2, -0.15) is 0 Å². The Balaban J connectivity index is 2.13. The normalized spacial score (nSPS) is 19.5. The quantitative estimate of drug-likeness (QED) is 0.806. The molecule has 1 aliphatic rings. The first-order valence-corrected chi connectivity index (χ1v) is 4.38. The van der Waals surface area contributed by atoms with Crippen molar-refractivity contribution >= 4 is 11.7 Å². The van der Waals surface area contributed by atoms with E-state index in [9.17, 15) is 9.18 Å². The van der Waals surface area contributed by atoms with E-state index in [2.05, 4.69) is 5.16 Å². The summed E-state index contributed by atoms with van der Waals surface area (Å²) >= 11 is 0. The Morgan fingerprint density at radius 2 is 2.40 bits per heavy atom. The van der Waals surface area contributed by atoms with Crippen LogP contribution in [0.5, 0.6) is 0 Å². The molecule has 0 aromatic heterocycles. The van der Waals surface area contributed by atoms with Crippen molar-refractivity contribution in [3.8, 4) is 0 Å². The zero-order valence-electron chi connectivity index (χ0n) is 7.68. The number of benzene rings is 1. The molecule has 2 rings (SSSR count). The zero-order valence-corrected chi connectivity index (χ0v) is 7.68. The third kappa shape index (κ3) is 1.96. The predicted molar refractivity (Wildman–Crippen MR) is 49.9 cm³/mol. The molecule has 0 saturated carbocycles. The fourth-order valence-electron chi connectivity index (χ4n) is 1.39. The Labute approximate surface area is 85.0 Å². The van der Waals surface area contributed by atoms with Gasteiger partial charge >= 0.3 is 5.97 Å². The number of hydrogen-bond acceptors (Lipinski definition) is 3. The minimum Gasteiger partial charge on any atom is -0.477 e. The van der Waals surface area contributed by atoms with E-state index in [4.69, 9.17) is 9.94 Å². The summed E-state index contributed by atoms with van der Waals surface area (Å²) in [7, 11) is 0. The summed E-state index contributed by atoms with van der Waals surface area (Å²) in [6.07, 6.45) is -0.328. The number of oxime groups is 1. The number of hydrogen-bond donors (Lipinski definition) is 1. The van der Waals surface area contributed by atoms with Gasteiger partial charge in [0.2, 0.25) is 0 Å². The average molecular weight is 209 g/mol. The van der Waals surface area contributed by atoms with Gasteiger partial charge in [0.25, 0.3) is 0 Å². The second kappa shape index (κ2) is 3.68. The molecule has 0 amide bonds. The van der Waals surface area contributed by atoms with E-state index in [1.54, 1.807) is 12.1 Å². The standard InChI is InChI=1S/C10H8FNO3/c11-7-3-1-2-6(4-7)9-5-8(10(13)14)12-15-9/h1-4,9H,5H2,(H,13,14). The van der Waals surface area contributed by atoms with Gasteiger partial charge in [0.05, 0.1) is 0 Å². The summed E-state index contributed by atoms with van der Waals surface area (Å²) in [5, 5.41) is 12.1. The molecule has 1 N–H and O–H groups in total. The average Bonchev–Trinajstić information content (AvgIpc) is 2.66. The van der Waals surface area contributed by atoms with Crippen molar-refractivity contribution in [2.24, 2.45) is 5.16 Å². The van der Waals surface area contributed by atoms with Crippen molar-refractivity contribution < 1.29 is 19.1 Å². The zero-order chi connectivity index (χ0) is 10.8. The van der Waals surface area contributed by atoms with Gasteiger partial charge < -0.3 is 9.94 Å². The maximum Gasteiger partial charge on any atom is 0.353 e. The molecule has 0 fully saturated rings. The van der Waals surface area contributed by atoms with Crippen LogP contribution in [0, 0.1) is 5.82 Å². The molecular weight excluding hydrogens is 201 g/mol. The van der Waals surface area contributed by atoms with E-state index in [1.165, 1.54) is 12.1 Å².